The molecule has 0 saturated heterocycles. The lowest BCUT2D eigenvalue weighted by molar-refractivity contribution is -0.139. The third-order valence-corrected chi connectivity index (χ3v) is 6.42. The summed E-state index contributed by atoms with van der Waals surface area (Å²) < 4.78 is 7.39. The number of aromatic hydroxyl groups is 1. The summed E-state index contributed by atoms with van der Waals surface area (Å²) in [6.07, 6.45) is 1.76. The normalized spacial score (nSPS) is 15.8. The molecule has 0 amide bonds. The second-order valence-corrected chi connectivity index (χ2v) is 8.89. The predicted octanol–water partition coefficient (Wildman–Crippen LogP) is 2.57. The number of nitrogens with zero attached hydrogens (tertiary/aromatic N) is 3. The predicted molar refractivity (Wildman–Crippen MR) is 129 cm³/mol. The molecule has 8 heteroatoms. The van der Waals surface area contributed by atoms with Crippen LogP contribution in [-0.2, 0) is 9.53 Å². The number of allylic oxidation sites excluding steroid dienone is 1. The summed E-state index contributed by atoms with van der Waals surface area (Å²) in [5, 5.41) is 9.53. The number of esters is 1. The molecule has 1 atom stereocenters. The largest absolute Gasteiger partial charge is 0.508 e. The van der Waals surface area contributed by atoms with Crippen molar-refractivity contribution in [2.24, 2.45) is 4.99 Å². The monoisotopic (exact) mass is 463 g/mol. The van der Waals surface area contributed by atoms with E-state index in [1.54, 1.807) is 48.8 Å². The van der Waals surface area contributed by atoms with Gasteiger partial charge in [0.2, 0.25) is 0 Å². The summed E-state index contributed by atoms with van der Waals surface area (Å²) in [6.45, 7) is 3.75. The summed E-state index contributed by atoms with van der Waals surface area (Å²) in [5.74, 6) is -0.322. The van der Waals surface area contributed by atoms with Gasteiger partial charge in [-0.3, -0.25) is 9.36 Å². The number of phenolic OH excluding ortho intramolecular Hbond substituents is 1. The zero-order valence-corrected chi connectivity index (χ0v) is 19.7. The van der Waals surface area contributed by atoms with Gasteiger partial charge in [-0.25, -0.2) is 9.79 Å². The minimum atomic E-state index is -0.640. The minimum absolute atomic E-state index is 0.157. The van der Waals surface area contributed by atoms with Crippen LogP contribution in [0.15, 0.2) is 69.6 Å². The van der Waals surface area contributed by atoms with Crippen LogP contribution < -0.4 is 19.8 Å². The maximum absolute atomic E-state index is 13.5. The fourth-order valence-electron chi connectivity index (χ4n) is 3.78. The average molecular weight is 464 g/mol. The van der Waals surface area contributed by atoms with Crippen molar-refractivity contribution in [3.63, 3.8) is 0 Å². The molecule has 2 aromatic carbocycles. The lowest BCUT2D eigenvalue weighted by atomic mass is 9.95. The highest BCUT2D eigenvalue weighted by molar-refractivity contribution is 7.07. The number of ether oxygens (including phenoxy) is 1. The third-order valence-electron chi connectivity index (χ3n) is 5.43. The smallest absolute Gasteiger partial charge is 0.338 e. The van der Waals surface area contributed by atoms with E-state index in [4.69, 9.17) is 4.74 Å². The SMILES string of the molecule is CCOC(=O)C1=C(C)N=c2s/c(=C\c3ccc(O)cc3)c(=O)n2[C@@H]1c1ccc(N(C)C)cc1. The summed E-state index contributed by atoms with van der Waals surface area (Å²) in [6, 6.07) is 13.7. The van der Waals surface area contributed by atoms with Crippen LogP contribution in [0.5, 0.6) is 5.75 Å². The Morgan fingerprint density at radius 2 is 1.85 bits per heavy atom. The molecule has 0 unspecified atom stereocenters. The lowest BCUT2D eigenvalue weighted by Crippen LogP contribution is -2.39. The van der Waals surface area contributed by atoms with Crippen LogP contribution in [0.4, 0.5) is 5.69 Å². The van der Waals surface area contributed by atoms with Crippen LogP contribution in [0, 0.1) is 0 Å². The summed E-state index contributed by atoms with van der Waals surface area (Å²) in [5.41, 5.74) is 3.26. The first-order chi connectivity index (χ1) is 15.8. The van der Waals surface area contributed by atoms with Crippen LogP contribution in [0.25, 0.3) is 6.08 Å². The molecular formula is C25H25N3O4S. The number of carbonyl (C=O) groups excluding carboxylic acids is 1. The molecule has 7 nitrogen and oxygen atoms in total. The minimum Gasteiger partial charge on any atom is -0.508 e. The van der Waals surface area contributed by atoms with Gasteiger partial charge >= 0.3 is 5.97 Å². The van der Waals surface area contributed by atoms with Gasteiger partial charge in [-0.05, 0) is 55.3 Å². The molecule has 0 spiro atoms. The number of thiazole rings is 1. The molecule has 170 valence electrons. The van der Waals surface area contributed by atoms with E-state index in [-0.39, 0.29) is 17.9 Å². The van der Waals surface area contributed by atoms with E-state index in [9.17, 15) is 14.7 Å². The molecule has 3 aromatic rings. The second-order valence-electron chi connectivity index (χ2n) is 7.88. The van der Waals surface area contributed by atoms with E-state index < -0.39 is 12.0 Å². The lowest BCUT2D eigenvalue weighted by Gasteiger charge is -2.25. The molecule has 2 heterocycles. The van der Waals surface area contributed by atoms with E-state index in [2.05, 4.69) is 4.99 Å². The Labute approximate surface area is 195 Å². The quantitative estimate of drug-likeness (QED) is 0.588. The number of hydrogen-bond donors (Lipinski definition) is 1. The van der Waals surface area contributed by atoms with Crippen molar-refractivity contribution in [1.29, 1.82) is 0 Å². The zero-order chi connectivity index (χ0) is 23.7. The van der Waals surface area contributed by atoms with E-state index in [1.807, 2.05) is 43.3 Å². The van der Waals surface area contributed by atoms with Crippen LogP contribution >= 0.6 is 11.3 Å². The molecule has 1 N–H and O–H groups in total. The highest BCUT2D eigenvalue weighted by atomic mass is 32.1. The van der Waals surface area contributed by atoms with Gasteiger partial charge in [0.15, 0.2) is 4.80 Å². The molecule has 0 saturated carbocycles. The first-order valence-corrected chi connectivity index (χ1v) is 11.4. The van der Waals surface area contributed by atoms with Crippen molar-refractivity contribution in [3.05, 3.63) is 90.6 Å². The molecule has 0 aliphatic carbocycles. The maximum atomic E-state index is 13.5. The van der Waals surface area contributed by atoms with Crippen molar-refractivity contribution in [1.82, 2.24) is 4.57 Å². The zero-order valence-electron chi connectivity index (χ0n) is 18.9. The van der Waals surface area contributed by atoms with Gasteiger partial charge in [-0.1, -0.05) is 35.6 Å². The van der Waals surface area contributed by atoms with Gasteiger partial charge in [0.05, 0.1) is 28.5 Å². The number of benzene rings is 2. The van der Waals surface area contributed by atoms with Crippen molar-refractivity contribution in [2.45, 2.75) is 19.9 Å². The van der Waals surface area contributed by atoms with Gasteiger partial charge < -0.3 is 14.7 Å². The van der Waals surface area contributed by atoms with E-state index in [0.717, 1.165) is 16.8 Å². The Balaban J connectivity index is 1.92. The fraction of sp³-hybridized carbons (Fsp3) is 0.240. The molecule has 1 aliphatic rings. The van der Waals surface area contributed by atoms with E-state index >= 15 is 0 Å². The molecule has 1 aliphatic heterocycles. The molecular weight excluding hydrogens is 438 g/mol. The van der Waals surface area contributed by atoms with Gasteiger partial charge in [0, 0.05) is 19.8 Å². The number of rotatable bonds is 5. The molecule has 0 fully saturated rings. The topological polar surface area (TPSA) is 84.1 Å². The number of anilines is 1. The maximum Gasteiger partial charge on any atom is 0.338 e. The Bertz CT molecular complexity index is 1400. The molecule has 4 rings (SSSR count). The second kappa shape index (κ2) is 9.07. The van der Waals surface area contributed by atoms with Crippen LogP contribution in [0.1, 0.15) is 31.0 Å². The van der Waals surface area contributed by atoms with Gasteiger partial charge in [-0.2, -0.15) is 0 Å². The standard InChI is InChI=1S/C25H25N3O4S/c1-5-32-24(31)21-15(2)26-25-28(22(21)17-8-10-18(11-9-17)27(3)4)23(30)20(33-25)14-16-6-12-19(29)13-7-16/h6-14,22,29H,5H2,1-4H3/b20-14-/t22-/m1/s1. The Hall–Kier alpha value is -3.65. The van der Waals surface area contributed by atoms with Crippen LogP contribution in [-0.4, -0.2) is 36.3 Å². The van der Waals surface area contributed by atoms with Crippen molar-refractivity contribution >= 4 is 29.1 Å². The van der Waals surface area contributed by atoms with Crippen molar-refractivity contribution in [3.8, 4) is 5.75 Å². The summed E-state index contributed by atoms with van der Waals surface area (Å²) >= 11 is 1.27. The summed E-state index contributed by atoms with van der Waals surface area (Å²) in [7, 11) is 3.91. The summed E-state index contributed by atoms with van der Waals surface area (Å²) in [4.78, 5) is 33.5. The molecule has 0 radical (unpaired) electrons. The van der Waals surface area contributed by atoms with Crippen LogP contribution in [0.3, 0.4) is 0 Å². The third kappa shape index (κ3) is 4.34. The van der Waals surface area contributed by atoms with E-state index in [1.165, 1.54) is 11.3 Å². The fourth-order valence-corrected chi connectivity index (χ4v) is 4.83. The Morgan fingerprint density at radius 1 is 1.18 bits per heavy atom. The van der Waals surface area contributed by atoms with Gasteiger partial charge in [0.25, 0.3) is 5.56 Å². The van der Waals surface area contributed by atoms with Crippen molar-refractivity contribution in [2.75, 3.05) is 25.6 Å². The first-order valence-electron chi connectivity index (χ1n) is 10.6. The number of carbonyl (C=O) groups is 1. The Morgan fingerprint density at radius 3 is 2.45 bits per heavy atom. The van der Waals surface area contributed by atoms with Gasteiger partial charge in [-0.15, -0.1) is 0 Å². The van der Waals surface area contributed by atoms with Crippen LogP contribution in [0.2, 0.25) is 0 Å². The van der Waals surface area contributed by atoms with Crippen molar-refractivity contribution < 1.29 is 14.6 Å². The molecule has 0 bridgehead atoms. The highest BCUT2D eigenvalue weighted by Crippen LogP contribution is 2.31. The van der Waals surface area contributed by atoms with Gasteiger partial charge in [0.1, 0.15) is 5.75 Å². The molecule has 1 aromatic heterocycles. The number of fused-ring (bicyclic) bond motifs is 1. The number of hydrogen-bond acceptors (Lipinski definition) is 7. The van der Waals surface area contributed by atoms with E-state index in [0.29, 0.717) is 20.6 Å². The molecule has 33 heavy (non-hydrogen) atoms. The number of aromatic nitrogens is 1. The highest BCUT2D eigenvalue weighted by Gasteiger charge is 2.33. The number of phenols is 1. The Kier molecular flexibility index (Phi) is 6.20. The first kappa shape index (κ1) is 22.5. The average Bonchev–Trinajstić information content (AvgIpc) is 3.09.